The molecule has 1 aliphatic heterocycles. The standard InChI is InChI=1S/C21H26F2N4O2/c1-20(2,3)29-19(28)27-12-10-15-16(11-13-27)25-18(26-17(15)24-4)21(22,23)14-8-6-5-7-9-14/h5-9H,10-13H2,1-4H3,(H,24,25,26). The van der Waals surface area contributed by atoms with Gasteiger partial charge < -0.3 is 15.0 Å². The molecular weight excluding hydrogens is 378 g/mol. The maximum Gasteiger partial charge on any atom is 0.410 e. The molecule has 0 saturated carbocycles. The lowest BCUT2D eigenvalue weighted by atomic mass is 10.1. The molecule has 0 spiro atoms. The normalized spacial score (nSPS) is 14.8. The lowest BCUT2D eigenvalue weighted by molar-refractivity contribution is 0.0256. The summed E-state index contributed by atoms with van der Waals surface area (Å²) < 4.78 is 35.5. The van der Waals surface area contributed by atoms with Crippen molar-refractivity contribution in [3.05, 3.63) is 53.0 Å². The van der Waals surface area contributed by atoms with Gasteiger partial charge in [-0.25, -0.2) is 14.8 Å². The number of carbonyl (C=O) groups excluding carboxylic acids is 1. The number of anilines is 1. The van der Waals surface area contributed by atoms with Gasteiger partial charge in [0.1, 0.15) is 11.4 Å². The minimum Gasteiger partial charge on any atom is -0.444 e. The largest absolute Gasteiger partial charge is 0.444 e. The molecule has 1 N–H and O–H groups in total. The molecule has 2 heterocycles. The second-order valence-corrected chi connectivity index (χ2v) is 7.98. The van der Waals surface area contributed by atoms with Crippen LogP contribution in [0.3, 0.4) is 0 Å². The van der Waals surface area contributed by atoms with Crippen molar-refractivity contribution in [2.45, 2.75) is 45.1 Å². The van der Waals surface area contributed by atoms with Gasteiger partial charge in [0, 0.05) is 37.7 Å². The molecular formula is C21H26F2N4O2. The third-order valence-corrected chi connectivity index (χ3v) is 4.65. The van der Waals surface area contributed by atoms with E-state index in [4.69, 9.17) is 4.74 Å². The number of rotatable bonds is 3. The van der Waals surface area contributed by atoms with Gasteiger partial charge in [-0.2, -0.15) is 8.78 Å². The Morgan fingerprint density at radius 1 is 1.10 bits per heavy atom. The van der Waals surface area contributed by atoms with E-state index in [2.05, 4.69) is 15.3 Å². The van der Waals surface area contributed by atoms with Crippen LogP contribution in [0.4, 0.5) is 19.4 Å². The molecule has 0 unspecified atom stereocenters. The Morgan fingerprint density at radius 3 is 2.38 bits per heavy atom. The number of amides is 1. The van der Waals surface area contributed by atoms with Crippen molar-refractivity contribution in [2.75, 3.05) is 25.5 Å². The average Bonchev–Trinajstić information content (AvgIpc) is 2.89. The maximum absolute atomic E-state index is 15.0. The first-order chi connectivity index (χ1) is 13.6. The Labute approximate surface area is 169 Å². The number of hydrogen-bond acceptors (Lipinski definition) is 5. The number of nitrogens with one attached hydrogen (secondary N) is 1. The van der Waals surface area contributed by atoms with Gasteiger partial charge >= 0.3 is 12.0 Å². The van der Waals surface area contributed by atoms with Crippen LogP contribution in [0.25, 0.3) is 0 Å². The summed E-state index contributed by atoms with van der Waals surface area (Å²) in [7, 11) is 1.64. The maximum atomic E-state index is 15.0. The molecule has 29 heavy (non-hydrogen) atoms. The minimum absolute atomic E-state index is 0.161. The second-order valence-electron chi connectivity index (χ2n) is 7.98. The van der Waals surface area contributed by atoms with E-state index >= 15 is 8.78 Å². The van der Waals surface area contributed by atoms with E-state index in [1.807, 2.05) is 0 Å². The molecule has 3 rings (SSSR count). The van der Waals surface area contributed by atoms with Crippen LogP contribution in [0, 0.1) is 0 Å². The van der Waals surface area contributed by atoms with Crippen molar-refractivity contribution >= 4 is 11.9 Å². The zero-order valence-corrected chi connectivity index (χ0v) is 17.1. The Balaban J connectivity index is 1.91. The summed E-state index contributed by atoms with van der Waals surface area (Å²) >= 11 is 0. The summed E-state index contributed by atoms with van der Waals surface area (Å²) in [5.74, 6) is -3.50. The van der Waals surface area contributed by atoms with Crippen LogP contribution < -0.4 is 5.32 Å². The first-order valence-electron chi connectivity index (χ1n) is 9.61. The highest BCUT2D eigenvalue weighted by Crippen LogP contribution is 2.35. The number of nitrogens with zero attached hydrogens (tertiary/aromatic N) is 3. The average molecular weight is 404 g/mol. The number of carbonyl (C=O) groups is 1. The Morgan fingerprint density at radius 2 is 1.76 bits per heavy atom. The quantitative estimate of drug-likeness (QED) is 0.838. The summed E-state index contributed by atoms with van der Waals surface area (Å²) in [5.41, 5.74) is 0.523. The SMILES string of the molecule is CNc1nc(C(F)(F)c2ccccc2)nc2c1CCN(C(=O)OC(C)(C)C)CC2. The number of benzene rings is 1. The third-order valence-electron chi connectivity index (χ3n) is 4.65. The number of halogens is 2. The van der Waals surface area contributed by atoms with Gasteiger partial charge in [-0.05, 0) is 27.2 Å². The molecule has 0 fully saturated rings. The van der Waals surface area contributed by atoms with Gasteiger partial charge in [0.05, 0.1) is 5.69 Å². The predicted octanol–water partition coefficient (Wildman–Crippen LogP) is 3.99. The topological polar surface area (TPSA) is 67.4 Å². The molecule has 1 aromatic carbocycles. The van der Waals surface area contributed by atoms with E-state index in [0.29, 0.717) is 37.4 Å². The number of hydrogen-bond donors (Lipinski definition) is 1. The Hall–Kier alpha value is -2.77. The van der Waals surface area contributed by atoms with E-state index in [1.165, 1.54) is 12.1 Å². The molecule has 8 heteroatoms. The highest BCUT2D eigenvalue weighted by atomic mass is 19.3. The molecule has 1 amide bonds. The summed E-state index contributed by atoms with van der Waals surface area (Å²) in [6.07, 6.45) is 0.394. The summed E-state index contributed by atoms with van der Waals surface area (Å²) in [4.78, 5) is 22.3. The molecule has 0 radical (unpaired) electrons. The van der Waals surface area contributed by atoms with Crippen molar-refractivity contribution in [3.8, 4) is 0 Å². The van der Waals surface area contributed by atoms with Crippen LogP contribution in [0.15, 0.2) is 30.3 Å². The first-order valence-corrected chi connectivity index (χ1v) is 9.61. The monoisotopic (exact) mass is 404 g/mol. The molecule has 6 nitrogen and oxygen atoms in total. The van der Waals surface area contributed by atoms with E-state index in [1.54, 1.807) is 50.9 Å². The lowest BCUT2D eigenvalue weighted by Crippen LogP contribution is -2.38. The van der Waals surface area contributed by atoms with E-state index in [-0.39, 0.29) is 5.56 Å². The minimum atomic E-state index is -3.32. The summed E-state index contributed by atoms with van der Waals surface area (Å²) in [6, 6.07) is 7.52. The van der Waals surface area contributed by atoms with Crippen LogP contribution >= 0.6 is 0 Å². The van der Waals surface area contributed by atoms with Gasteiger partial charge in [-0.15, -0.1) is 0 Å². The van der Waals surface area contributed by atoms with Gasteiger partial charge in [0.2, 0.25) is 5.82 Å². The molecule has 2 aromatic rings. The highest BCUT2D eigenvalue weighted by molar-refractivity contribution is 5.68. The fraction of sp³-hybridized carbons (Fsp3) is 0.476. The van der Waals surface area contributed by atoms with Gasteiger partial charge in [0.15, 0.2) is 0 Å². The molecule has 0 bridgehead atoms. The van der Waals surface area contributed by atoms with Crippen molar-refractivity contribution < 1.29 is 18.3 Å². The van der Waals surface area contributed by atoms with Crippen LogP contribution in [0.1, 0.15) is 43.4 Å². The highest BCUT2D eigenvalue weighted by Gasteiger charge is 2.39. The molecule has 156 valence electrons. The van der Waals surface area contributed by atoms with E-state index in [9.17, 15) is 4.79 Å². The molecule has 0 atom stereocenters. The smallest absolute Gasteiger partial charge is 0.410 e. The van der Waals surface area contributed by atoms with Gasteiger partial charge in [-0.3, -0.25) is 0 Å². The zero-order valence-electron chi connectivity index (χ0n) is 17.1. The van der Waals surface area contributed by atoms with Crippen LogP contribution in [0.2, 0.25) is 0 Å². The number of aromatic nitrogens is 2. The van der Waals surface area contributed by atoms with Crippen LogP contribution in [-0.2, 0) is 23.5 Å². The molecule has 1 aromatic heterocycles. The van der Waals surface area contributed by atoms with E-state index in [0.717, 1.165) is 5.56 Å². The van der Waals surface area contributed by atoms with Crippen molar-refractivity contribution in [2.24, 2.45) is 0 Å². The lowest BCUT2D eigenvalue weighted by Gasteiger charge is -2.26. The first kappa shape index (κ1) is 21.0. The number of ether oxygens (including phenoxy) is 1. The van der Waals surface area contributed by atoms with Gasteiger partial charge in [-0.1, -0.05) is 30.3 Å². The van der Waals surface area contributed by atoms with Crippen molar-refractivity contribution in [3.63, 3.8) is 0 Å². The van der Waals surface area contributed by atoms with Gasteiger partial charge in [0.25, 0.3) is 0 Å². The number of fused-ring (bicyclic) bond motifs is 1. The van der Waals surface area contributed by atoms with Crippen molar-refractivity contribution in [1.82, 2.24) is 14.9 Å². The predicted molar refractivity (Wildman–Crippen MR) is 106 cm³/mol. The third kappa shape index (κ3) is 4.63. The fourth-order valence-electron chi connectivity index (χ4n) is 3.23. The Kier molecular flexibility index (Phi) is 5.73. The van der Waals surface area contributed by atoms with Crippen LogP contribution in [-0.4, -0.2) is 46.7 Å². The second kappa shape index (κ2) is 7.93. The molecule has 1 aliphatic rings. The van der Waals surface area contributed by atoms with E-state index < -0.39 is 23.4 Å². The molecule has 0 saturated heterocycles. The Bertz CT molecular complexity index is 882. The summed E-state index contributed by atoms with van der Waals surface area (Å²) in [6.45, 7) is 6.17. The zero-order chi connectivity index (χ0) is 21.2. The molecule has 0 aliphatic carbocycles. The fourth-order valence-corrected chi connectivity index (χ4v) is 3.23. The van der Waals surface area contributed by atoms with Crippen molar-refractivity contribution in [1.29, 1.82) is 0 Å². The summed E-state index contributed by atoms with van der Waals surface area (Å²) in [5, 5.41) is 2.91. The number of alkyl halides is 2. The van der Waals surface area contributed by atoms with Crippen LogP contribution in [0.5, 0.6) is 0 Å².